The summed E-state index contributed by atoms with van der Waals surface area (Å²) in [6, 6.07) is 13.0. The lowest BCUT2D eigenvalue weighted by Crippen LogP contribution is -2.18. The van der Waals surface area contributed by atoms with Crippen LogP contribution in [0.3, 0.4) is 0 Å². The molecule has 1 unspecified atom stereocenters. The number of halogens is 2. The van der Waals surface area contributed by atoms with E-state index in [0.717, 1.165) is 16.2 Å². The summed E-state index contributed by atoms with van der Waals surface area (Å²) in [6.07, 6.45) is 0. The van der Waals surface area contributed by atoms with E-state index in [-0.39, 0.29) is 17.7 Å². The molecule has 0 heterocycles. The molecule has 0 saturated heterocycles. The van der Waals surface area contributed by atoms with E-state index in [1.54, 1.807) is 30.0 Å². The molecule has 0 radical (unpaired) electrons. The van der Waals surface area contributed by atoms with Crippen LogP contribution in [0.25, 0.3) is 0 Å². The van der Waals surface area contributed by atoms with Gasteiger partial charge in [0.05, 0.1) is 0 Å². The molecule has 0 aliphatic heterocycles. The first-order valence-electron chi connectivity index (χ1n) is 6.00. The van der Waals surface area contributed by atoms with Crippen molar-refractivity contribution in [3.8, 4) is 0 Å². The maximum absolute atomic E-state index is 13.2. The first-order valence-corrected chi connectivity index (χ1v) is 6.98. The number of rotatable bonds is 5. The molecule has 100 valence electrons. The predicted molar refractivity (Wildman–Crippen MR) is 75.3 cm³/mol. The first-order chi connectivity index (χ1) is 9.19. The zero-order valence-electron chi connectivity index (χ0n) is 10.6. The second kappa shape index (κ2) is 6.68. The Morgan fingerprint density at radius 1 is 1.05 bits per heavy atom. The standard InChI is InChI=1S/C15H15F2NS/c1-18-15(11-3-2-4-13(17)9-11)10-19-14-7-5-12(16)6-8-14/h2-9,15,18H,10H2,1H3. The molecule has 2 aromatic rings. The lowest BCUT2D eigenvalue weighted by atomic mass is 10.1. The summed E-state index contributed by atoms with van der Waals surface area (Å²) in [4.78, 5) is 0.998. The normalized spacial score (nSPS) is 12.4. The molecule has 4 heteroatoms. The Kier molecular flexibility index (Phi) is 4.93. The van der Waals surface area contributed by atoms with Gasteiger partial charge in [0.25, 0.3) is 0 Å². The fourth-order valence-corrected chi connectivity index (χ4v) is 2.83. The Bertz CT molecular complexity index is 528. The zero-order chi connectivity index (χ0) is 13.7. The van der Waals surface area contributed by atoms with Crippen LogP contribution in [-0.4, -0.2) is 12.8 Å². The van der Waals surface area contributed by atoms with Crippen LogP contribution in [0.4, 0.5) is 8.78 Å². The molecule has 2 aromatic carbocycles. The molecular weight excluding hydrogens is 264 g/mol. The van der Waals surface area contributed by atoms with Gasteiger partial charge in [-0.3, -0.25) is 0 Å². The van der Waals surface area contributed by atoms with Gasteiger partial charge in [-0.15, -0.1) is 11.8 Å². The third-order valence-electron chi connectivity index (χ3n) is 2.83. The van der Waals surface area contributed by atoms with E-state index in [0.29, 0.717) is 0 Å². The van der Waals surface area contributed by atoms with Crippen molar-refractivity contribution in [2.75, 3.05) is 12.8 Å². The number of nitrogens with one attached hydrogen (secondary N) is 1. The highest BCUT2D eigenvalue weighted by Crippen LogP contribution is 2.25. The van der Waals surface area contributed by atoms with Crippen LogP contribution in [0.1, 0.15) is 11.6 Å². The van der Waals surface area contributed by atoms with E-state index < -0.39 is 0 Å². The minimum Gasteiger partial charge on any atom is -0.312 e. The molecular formula is C15H15F2NS. The van der Waals surface area contributed by atoms with Gasteiger partial charge in [0.15, 0.2) is 0 Å². The summed E-state index contributed by atoms with van der Waals surface area (Å²) in [5, 5.41) is 3.17. The first kappa shape index (κ1) is 14.0. The van der Waals surface area contributed by atoms with Gasteiger partial charge in [-0.05, 0) is 49.0 Å². The predicted octanol–water partition coefficient (Wildman–Crippen LogP) is 4.02. The van der Waals surface area contributed by atoms with E-state index in [9.17, 15) is 8.78 Å². The Balaban J connectivity index is 2.01. The molecule has 0 spiro atoms. The minimum atomic E-state index is -0.236. The van der Waals surface area contributed by atoms with E-state index >= 15 is 0 Å². The van der Waals surface area contributed by atoms with Gasteiger partial charge in [0.2, 0.25) is 0 Å². The Labute approximate surface area is 116 Å². The SMILES string of the molecule is CNC(CSc1ccc(F)cc1)c1cccc(F)c1. The smallest absolute Gasteiger partial charge is 0.123 e. The summed E-state index contributed by atoms with van der Waals surface area (Å²) in [6.45, 7) is 0. The Morgan fingerprint density at radius 2 is 1.79 bits per heavy atom. The molecule has 0 aliphatic carbocycles. The lowest BCUT2D eigenvalue weighted by Gasteiger charge is -2.16. The maximum atomic E-state index is 13.2. The van der Waals surface area contributed by atoms with Gasteiger partial charge in [-0.2, -0.15) is 0 Å². The van der Waals surface area contributed by atoms with E-state index in [2.05, 4.69) is 5.32 Å². The molecule has 2 rings (SSSR count). The van der Waals surface area contributed by atoms with Crippen LogP contribution >= 0.6 is 11.8 Å². The topological polar surface area (TPSA) is 12.0 Å². The monoisotopic (exact) mass is 279 g/mol. The Morgan fingerprint density at radius 3 is 2.42 bits per heavy atom. The largest absolute Gasteiger partial charge is 0.312 e. The van der Waals surface area contributed by atoms with E-state index in [4.69, 9.17) is 0 Å². The van der Waals surface area contributed by atoms with Crippen molar-refractivity contribution in [2.45, 2.75) is 10.9 Å². The van der Waals surface area contributed by atoms with Gasteiger partial charge < -0.3 is 5.32 Å². The fraction of sp³-hybridized carbons (Fsp3) is 0.200. The number of hydrogen-bond acceptors (Lipinski definition) is 2. The zero-order valence-corrected chi connectivity index (χ0v) is 11.4. The molecule has 0 saturated carbocycles. The third kappa shape index (κ3) is 4.04. The van der Waals surface area contributed by atoms with Crippen LogP contribution < -0.4 is 5.32 Å². The number of thioether (sulfide) groups is 1. The van der Waals surface area contributed by atoms with Gasteiger partial charge in [-0.1, -0.05) is 12.1 Å². The van der Waals surface area contributed by atoms with Crippen molar-refractivity contribution < 1.29 is 8.78 Å². The van der Waals surface area contributed by atoms with Gasteiger partial charge >= 0.3 is 0 Å². The molecule has 1 atom stereocenters. The average molecular weight is 279 g/mol. The van der Waals surface area contributed by atoms with Gasteiger partial charge in [0, 0.05) is 16.7 Å². The van der Waals surface area contributed by atoms with Crippen LogP contribution in [0.15, 0.2) is 53.4 Å². The molecule has 0 amide bonds. The Hall–Kier alpha value is -1.39. The van der Waals surface area contributed by atoms with E-state index in [1.807, 2.05) is 13.1 Å². The van der Waals surface area contributed by atoms with Crippen LogP contribution in [0.2, 0.25) is 0 Å². The average Bonchev–Trinajstić information content (AvgIpc) is 2.42. The van der Waals surface area contributed by atoms with Crippen LogP contribution in [-0.2, 0) is 0 Å². The highest BCUT2D eigenvalue weighted by Gasteiger charge is 2.10. The lowest BCUT2D eigenvalue weighted by molar-refractivity contribution is 0.611. The number of hydrogen-bond donors (Lipinski definition) is 1. The second-order valence-corrected chi connectivity index (χ2v) is 5.25. The van der Waals surface area contributed by atoms with Gasteiger partial charge in [0.1, 0.15) is 11.6 Å². The van der Waals surface area contributed by atoms with Crippen molar-refractivity contribution in [3.05, 3.63) is 65.7 Å². The summed E-state index contributed by atoms with van der Waals surface area (Å²) >= 11 is 1.61. The summed E-state index contributed by atoms with van der Waals surface area (Å²) in [5.41, 5.74) is 0.914. The van der Waals surface area contributed by atoms with Crippen LogP contribution in [0.5, 0.6) is 0 Å². The maximum Gasteiger partial charge on any atom is 0.123 e. The molecule has 19 heavy (non-hydrogen) atoms. The van der Waals surface area contributed by atoms with Crippen LogP contribution in [0, 0.1) is 11.6 Å². The summed E-state index contributed by atoms with van der Waals surface area (Å²) in [7, 11) is 1.85. The van der Waals surface area contributed by atoms with Crippen molar-refractivity contribution in [1.29, 1.82) is 0 Å². The molecule has 1 nitrogen and oxygen atoms in total. The molecule has 0 aliphatic rings. The quantitative estimate of drug-likeness (QED) is 0.830. The van der Waals surface area contributed by atoms with Crippen molar-refractivity contribution in [1.82, 2.24) is 5.32 Å². The molecule has 0 aromatic heterocycles. The number of benzene rings is 2. The van der Waals surface area contributed by atoms with Gasteiger partial charge in [-0.25, -0.2) is 8.78 Å². The molecule has 0 fully saturated rings. The highest BCUT2D eigenvalue weighted by molar-refractivity contribution is 7.99. The summed E-state index contributed by atoms with van der Waals surface area (Å²) in [5.74, 6) is 0.287. The molecule has 1 N–H and O–H groups in total. The van der Waals surface area contributed by atoms with Crippen molar-refractivity contribution in [2.24, 2.45) is 0 Å². The van der Waals surface area contributed by atoms with Crippen molar-refractivity contribution in [3.63, 3.8) is 0 Å². The van der Waals surface area contributed by atoms with E-state index in [1.165, 1.54) is 24.3 Å². The molecule has 0 bridgehead atoms. The minimum absolute atomic E-state index is 0.0609. The van der Waals surface area contributed by atoms with Crippen molar-refractivity contribution >= 4 is 11.8 Å². The summed E-state index contributed by atoms with van der Waals surface area (Å²) < 4.78 is 26.0. The third-order valence-corrected chi connectivity index (χ3v) is 3.94. The highest BCUT2D eigenvalue weighted by atomic mass is 32.2. The fourth-order valence-electron chi connectivity index (χ4n) is 1.78. The second-order valence-electron chi connectivity index (χ2n) is 4.16.